The maximum absolute atomic E-state index is 8.51. The lowest BCUT2D eigenvalue weighted by atomic mass is 15.9. The molecule has 0 aliphatic rings. The lowest BCUT2D eigenvalue weighted by Gasteiger charge is -1.08. The van der Waals surface area contributed by atoms with Crippen LogP contribution in [0.15, 0.2) is 0 Å². The van der Waals surface area contributed by atoms with E-state index >= 15 is 0 Å². The van der Waals surface area contributed by atoms with Crippen LogP contribution in [0.25, 0.3) is 0 Å². The van der Waals surface area contributed by atoms with Crippen molar-refractivity contribution in [3.8, 4) is 0 Å². The molecule has 4 nitrogen and oxygen atoms in total. The van der Waals surface area contributed by atoms with E-state index in [-0.39, 0.29) is 17.4 Å². The maximum atomic E-state index is 8.51. The third-order valence-corrected chi connectivity index (χ3v) is 0. The molecule has 0 aromatic carbocycles. The summed E-state index contributed by atoms with van der Waals surface area (Å²) in [5.41, 5.74) is 0. The molecule has 0 saturated heterocycles. The van der Waals surface area contributed by atoms with Crippen molar-refractivity contribution in [3.05, 3.63) is 0 Å². The Balaban J connectivity index is -0.0000000400. The Kier molecular flexibility index (Phi) is 67.5. The van der Waals surface area contributed by atoms with E-state index in [2.05, 4.69) is 0 Å². The predicted molar refractivity (Wildman–Crippen MR) is 29.6 cm³/mol. The smallest absolute Gasteiger partial charge is 0.162 e. The number of hydrogen-bond donors (Lipinski definition) is 2. The van der Waals surface area contributed by atoms with Crippen LogP contribution < -0.4 is 0 Å². The Hall–Kier alpha value is 0.652. The standard InChI is InChI=1S/Al.2HO2P.H/c;2*1-3-2;/h;2*3H;/p+2. The summed E-state index contributed by atoms with van der Waals surface area (Å²) in [6.45, 7) is 0. The molecule has 2 radical (unpaired) electrons. The Morgan fingerprint density at radius 3 is 1.00 bits per heavy atom. The first kappa shape index (κ1) is 15.6. The normalized spacial score (nSPS) is 6.00. The molecule has 0 heterocycles. The highest BCUT2D eigenvalue weighted by molar-refractivity contribution is 7.16. The molecule has 0 spiro atoms. The van der Waals surface area contributed by atoms with E-state index in [4.69, 9.17) is 18.9 Å². The summed E-state index contributed by atoms with van der Waals surface area (Å²) < 4.78 is 17.0. The molecule has 7 heteroatoms. The van der Waals surface area contributed by atoms with Gasteiger partial charge in [0, 0.05) is 0 Å². The Labute approximate surface area is 54.3 Å². The van der Waals surface area contributed by atoms with Crippen LogP contribution in [0.3, 0.4) is 0 Å². The van der Waals surface area contributed by atoms with E-state index in [0.717, 1.165) is 0 Å². The zero-order chi connectivity index (χ0) is 5.41. The average Bonchev–Trinajstić information content (AvgIpc) is 1.39. The molecule has 2 atom stereocenters. The largest absolute Gasteiger partial charge is 0.491 e. The van der Waals surface area contributed by atoms with Gasteiger partial charge in [0.25, 0.3) is 0 Å². The minimum absolute atomic E-state index is 0. The van der Waals surface area contributed by atoms with Crippen molar-refractivity contribution in [1.82, 2.24) is 0 Å². The second kappa shape index (κ2) is 30.2. The van der Waals surface area contributed by atoms with Crippen LogP contribution in [-0.4, -0.2) is 27.1 Å². The topological polar surface area (TPSA) is 74.6 Å². The Morgan fingerprint density at radius 1 is 1.00 bits per heavy atom. The number of rotatable bonds is 0. The van der Waals surface area contributed by atoms with Crippen LogP contribution >= 0.6 is 17.4 Å². The second-order valence-corrected chi connectivity index (χ2v) is 0.548. The summed E-state index contributed by atoms with van der Waals surface area (Å²) in [4.78, 5) is 14.1. The van der Waals surface area contributed by atoms with E-state index < -0.39 is 17.4 Å². The fourth-order valence-corrected chi connectivity index (χ4v) is 0. The molecule has 7 heavy (non-hydrogen) atoms. The van der Waals surface area contributed by atoms with Crippen LogP contribution in [0.2, 0.25) is 0 Å². The van der Waals surface area contributed by atoms with Gasteiger partial charge in [-0.05, 0) is 9.13 Å². The molecule has 0 saturated carbocycles. The lowest BCUT2D eigenvalue weighted by Crippen LogP contribution is -1.03. The summed E-state index contributed by atoms with van der Waals surface area (Å²) in [6.07, 6.45) is 0. The summed E-state index contributed by atoms with van der Waals surface area (Å²) in [6, 6.07) is 0. The third kappa shape index (κ3) is 338. The van der Waals surface area contributed by atoms with Gasteiger partial charge in [-0.2, -0.15) is 9.79 Å². The van der Waals surface area contributed by atoms with Crippen LogP contribution in [0.5, 0.6) is 0 Å². The molecule has 0 bridgehead atoms. The van der Waals surface area contributed by atoms with Gasteiger partial charge in [0.15, 0.2) is 0 Å². The van der Waals surface area contributed by atoms with E-state index in [1.807, 2.05) is 0 Å². The molecule has 0 aromatic heterocycles. The lowest BCUT2D eigenvalue weighted by molar-refractivity contribution is 0.523. The molecule has 0 aromatic rings. The zero-order valence-electron chi connectivity index (χ0n) is 3.42. The van der Waals surface area contributed by atoms with E-state index in [1.165, 1.54) is 0 Å². The van der Waals surface area contributed by atoms with Crippen LogP contribution in [0, 0.1) is 0 Å². The highest BCUT2D eigenvalue weighted by Gasteiger charge is 1.45. The first-order valence-corrected chi connectivity index (χ1v) is 2.57. The monoisotopic (exact) mass is 158 g/mol. The molecule has 2 unspecified atom stereocenters. The second-order valence-electron chi connectivity index (χ2n) is 0.183. The summed E-state index contributed by atoms with van der Waals surface area (Å²) in [7, 11) is -2.33. The molecular formula is H5AlO4P2+2. The van der Waals surface area contributed by atoms with E-state index in [0.29, 0.717) is 0 Å². The molecule has 2 N–H and O–H groups in total. The summed E-state index contributed by atoms with van der Waals surface area (Å²) in [5.74, 6) is 0. The fourth-order valence-electron chi connectivity index (χ4n) is 0. The van der Waals surface area contributed by atoms with Gasteiger partial charge in [0.05, 0.1) is 17.4 Å². The highest BCUT2D eigenvalue weighted by Crippen LogP contribution is 1.66. The van der Waals surface area contributed by atoms with Crippen molar-refractivity contribution in [2.75, 3.05) is 0 Å². The Morgan fingerprint density at radius 2 is 1.00 bits per heavy atom. The minimum Gasteiger partial charge on any atom is -0.162 e. The van der Waals surface area contributed by atoms with Gasteiger partial charge in [-0.15, -0.1) is 0 Å². The van der Waals surface area contributed by atoms with Gasteiger partial charge in [0.1, 0.15) is 0 Å². The third-order valence-electron chi connectivity index (χ3n) is 0. The SMILES string of the molecule is O=[PH+]O.O=[PH+]O.[AlH]. The molecule has 0 fully saturated rings. The van der Waals surface area contributed by atoms with Gasteiger partial charge in [-0.3, -0.25) is 0 Å². The molecule has 40 valence electrons. The van der Waals surface area contributed by atoms with Crippen molar-refractivity contribution in [2.45, 2.75) is 0 Å². The maximum Gasteiger partial charge on any atom is 0.491 e. The van der Waals surface area contributed by atoms with Crippen molar-refractivity contribution in [3.63, 3.8) is 0 Å². The van der Waals surface area contributed by atoms with Crippen LogP contribution in [0.4, 0.5) is 0 Å². The van der Waals surface area contributed by atoms with E-state index in [9.17, 15) is 0 Å². The van der Waals surface area contributed by atoms with Gasteiger partial charge in [-0.1, -0.05) is 0 Å². The fraction of sp³-hybridized carbons (Fsp3) is 0. The minimum atomic E-state index is -1.17. The van der Waals surface area contributed by atoms with Crippen LogP contribution in [-0.2, 0) is 9.13 Å². The summed E-state index contributed by atoms with van der Waals surface area (Å²) in [5, 5.41) is 0. The molecule has 0 aliphatic heterocycles. The molecule has 0 amide bonds. The summed E-state index contributed by atoms with van der Waals surface area (Å²) >= 11 is 0. The molecular weight excluding hydrogens is 153 g/mol. The Bertz CT molecular complexity index is 30.7. The zero-order valence-corrected chi connectivity index (χ0v) is 6.83. The average molecular weight is 158 g/mol. The molecule has 0 rings (SSSR count). The first-order valence-electron chi connectivity index (χ1n) is 0.855. The molecule has 0 aliphatic carbocycles. The highest BCUT2D eigenvalue weighted by atomic mass is 31.1. The van der Waals surface area contributed by atoms with E-state index in [1.54, 1.807) is 0 Å². The predicted octanol–water partition coefficient (Wildman–Crippen LogP) is -0.813. The van der Waals surface area contributed by atoms with Crippen LogP contribution in [0.1, 0.15) is 0 Å². The first-order chi connectivity index (χ1) is 2.83. The van der Waals surface area contributed by atoms with Crippen molar-refractivity contribution < 1.29 is 18.9 Å². The van der Waals surface area contributed by atoms with Crippen molar-refractivity contribution in [2.24, 2.45) is 0 Å². The van der Waals surface area contributed by atoms with Gasteiger partial charge in [-0.25, -0.2) is 0 Å². The van der Waals surface area contributed by atoms with Gasteiger partial charge < -0.3 is 0 Å². The van der Waals surface area contributed by atoms with Crippen molar-refractivity contribution in [1.29, 1.82) is 0 Å². The number of hydrogen-bond acceptors (Lipinski definition) is 2. The quantitative estimate of drug-likeness (QED) is 0.357. The van der Waals surface area contributed by atoms with Crippen molar-refractivity contribution >= 4 is 34.7 Å². The van der Waals surface area contributed by atoms with Gasteiger partial charge >= 0.3 is 17.4 Å². The van der Waals surface area contributed by atoms with Gasteiger partial charge in [0.2, 0.25) is 0 Å².